The summed E-state index contributed by atoms with van der Waals surface area (Å²) in [6, 6.07) is 10.1. The van der Waals surface area contributed by atoms with Crippen LogP contribution in [0.3, 0.4) is 0 Å². The molecule has 4 heteroatoms. The predicted octanol–water partition coefficient (Wildman–Crippen LogP) is 2.35. The van der Waals surface area contributed by atoms with Crippen LogP contribution in [0.1, 0.15) is 12.7 Å². The molecule has 0 saturated carbocycles. The van der Waals surface area contributed by atoms with Gasteiger partial charge in [0.15, 0.2) is 5.82 Å². The molecule has 0 aliphatic rings. The molecular weight excluding hydrogens is 212 g/mol. The Kier molecular flexibility index (Phi) is 2.33. The Labute approximate surface area is 99.0 Å². The van der Waals surface area contributed by atoms with Gasteiger partial charge in [0.1, 0.15) is 0 Å². The first-order valence-corrected chi connectivity index (χ1v) is 5.63. The van der Waals surface area contributed by atoms with Crippen LogP contribution in [0.2, 0.25) is 0 Å². The van der Waals surface area contributed by atoms with Crippen LogP contribution in [0.15, 0.2) is 42.7 Å². The van der Waals surface area contributed by atoms with Gasteiger partial charge in [-0.3, -0.25) is 0 Å². The summed E-state index contributed by atoms with van der Waals surface area (Å²) in [6.07, 6.45) is 4.62. The summed E-state index contributed by atoms with van der Waals surface area (Å²) in [5.41, 5.74) is 2.18. The molecule has 0 aliphatic carbocycles. The smallest absolute Gasteiger partial charge is 0.219 e. The SMILES string of the molecule is CCc1nc2ncc(-c3ccccc3)cn2n1. The molecule has 0 atom stereocenters. The van der Waals surface area contributed by atoms with E-state index in [0.717, 1.165) is 23.4 Å². The largest absolute Gasteiger partial charge is 0.252 e. The number of aryl methyl sites for hydroxylation is 1. The lowest BCUT2D eigenvalue weighted by Gasteiger charge is -2.00. The monoisotopic (exact) mass is 224 g/mol. The van der Waals surface area contributed by atoms with E-state index in [9.17, 15) is 0 Å². The number of benzene rings is 1. The fourth-order valence-electron chi connectivity index (χ4n) is 1.75. The van der Waals surface area contributed by atoms with Crippen LogP contribution in [0, 0.1) is 0 Å². The molecule has 2 heterocycles. The number of fused-ring (bicyclic) bond motifs is 1. The van der Waals surface area contributed by atoms with Crippen molar-refractivity contribution in [2.45, 2.75) is 13.3 Å². The summed E-state index contributed by atoms with van der Waals surface area (Å²) in [5, 5.41) is 4.36. The number of hydrogen-bond donors (Lipinski definition) is 0. The molecule has 0 radical (unpaired) electrons. The maximum atomic E-state index is 4.36. The minimum atomic E-state index is 0.654. The minimum absolute atomic E-state index is 0.654. The predicted molar refractivity (Wildman–Crippen MR) is 65.6 cm³/mol. The Morgan fingerprint density at radius 2 is 1.94 bits per heavy atom. The average Bonchev–Trinajstić information content (AvgIpc) is 2.81. The van der Waals surface area contributed by atoms with Gasteiger partial charge >= 0.3 is 0 Å². The molecule has 1 aromatic carbocycles. The molecule has 17 heavy (non-hydrogen) atoms. The maximum Gasteiger partial charge on any atom is 0.252 e. The summed E-state index contributed by atoms with van der Waals surface area (Å²) in [6.45, 7) is 2.03. The molecular formula is C13H12N4. The van der Waals surface area contributed by atoms with E-state index in [-0.39, 0.29) is 0 Å². The fraction of sp³-hybridized carbons (Fsp3) is 0.154. The van der Waals surface area contributed by atoms with Gasteiger partial charge in [0, 0.05) is 24.4 Å². The van der Waals surface area contributed by atoms with Crippen LogP contribution in [0.25, 0.3) is 16.9 Å². The zero-order chi connectivity index (χ0) is 11.7. The second-order valence-corrected chi connectivity index (χ2v) is 3.83. The van der Waals surface area contributed by atoms with Gasteiger partial charge in [-0.2, -0.15) is 4.98 Å². The summed E-state index contributed by atoms with van der Waals surface area (Å²) in [5.74, 6) is 1.48. The van der Waals surface area contributed by atoms with Gasteiger partial charge in [-0.15, -0.1) is 5.10 Å². The zero-order valence-corrected chi connectivity index (χ0v) is 9.54. The number of rotatable bonds is 2. The van der Waals surface area contributed by atoms with Gasteiger partial charge in [0.25, 0.3) is 5.78 Å². The molecule has 0 spiro atoms. The topological polar surface area (TPSA) is 43.1 Å². The third-order valence-electron chi connectivity index (χ3n) is 2.66. The standard InChI is InChI=1S/C13H12N4/c1-2-12-15-13-14-8-11(9-17(13)16-12)10-6-4-3-5-7-10/h3-9H,2H2,1H3. The van der Waals surface area contributed by atoms with E-state index in [0.29, 0.717) is 5.78 Å². The fourth-order valence-corrected chi connectivity index (χ4v) is 1.75. The third-order valence-corrected chi connectivity index (χ3v) is 2.66. The van der Waals surface area contributed by atoms with Crippen molar-refractivity contribution in [2.24, 2.45) is 0 Å². The van der Waals surface area contributed by atoms with Crippen LogP contribution in [0.4, 0.5) is 0 Å². The highest BCUT2D eigenvalue weighted by Crippen LogP contribution is 2.17. The van der Waals surface area contributed by atoms with E-state index >= 15 is 0 Å². The molecule has 0 fully saturated rings. The molecule has 0 N–H and O–H groups in total. The molecule has 4 nitrogen and oxygen atoms in total. The van der Waals surface area contributed by atoms with Gasteiger partial charge in [0.2, 0.25) is 0 Å². The van der Waals surface area contributed by atoms with E-state index < -0.39 is 0 Å². The zero-order valence-electron chi connectivity index (χ0n) is 9.54. The summed E-state index contributed by atoms with van der Waals surface area (Å²) >= 11 is 0. The Balaban J connectivity index is 2.13. The van der Waals surface area contributed by atoms with Crippen molar-refractivity contribution in [3.05, 3.63) is 48.5 Å². The van der Waals surface area contributed by atoms with Crippen molar-refractivity contribution in [1.82, 2.24) is 19.6 Å². The first-order valence-electron chi connectivity index (χ1n) is 5.63. The van der Waals surface area contributed by atoms with Crippen LogP contribution in [0.5, 0.6) is 0 Å². The summed E-state index contributed by atoms with van der Waals surface area (Å²) in [7, 11) is 0. The van der Waals surface area contributed by atoms with E-state index in [2.05, 4.69) is 27.2 Å². The highest BCUT2D eigenvalue weighted by atomic mass is 15.3. The van der Waals surface area contributed by atoms with E-state index in [4.69, 9.17) is 0 Å². The first kappa shape index (κ1) is 9.96. The lowest BCUT2D eigenvalue weighted by molar-refractivity contribution is 0.880. The van der Waals surface area contributed by atoms with Gasteiger partial charge < -0.3 is 0 Å². The van der Waals surface area contributed by atoms with Crippen molar-refractivity contribution in [1.29, 1.82) is 0 Å². The summed E-state index contributed by atoms with van der Waals surface area (Å²) in [4.78, 5) is 8.62. The molecule has 84 valence electrons. The van der Waals surface area contributed by atoms with Crippen molar-refractivity contribution >= 4 is 5.78 Å². The van der Waals surface area contributed by atoms with Crippen molar-refractivity contribution in [3.63, 3.8) is 0 Å². The summed E-state index contributed by atoms with van der Waals surface area (Å²) < 4.78 is 1.74. The van der Waals surface area contributed by atoms with E-state index in [1.165, 1.54) is 0 Å². The van der Waals surface area contributed by atoms with Crippen LogP contribution >= 0.6 is 0 Å². The van der Waals surface area contributed by atoms with Gasteiger partial charge in [-0.05, 0) is 5.56 Å². The van der Waals surface area contributed by atoms with E-state index in [1.54, 1.807) is 4.52 Å². The van der Waals surface area contributed by atoms with Crippen molar-refractivity contribution in [2.75, 3.05) is 0 Å². The molecule has 0 amide bonds. The third kappa shape index (κ3) is 1.78. The molecule has 0 unspecified atom stereocenters. The van der Waals surface area contributed by atoms with Gasteiger partial charge in [0.05, 0.1) is 0 Å². The second kappa shape index (κ2) is 3.97. The minimum Gasteiger partial charge on any atom is -0.219 e. The van der Waals surface area contributed by atoms with Gasteiger partial charge in [-0.1, -0.05) is 37.3 Å². The lowest BCUT2D eigenvalue weighted by Crippen LogP contribution is -1.92. The maximum absolute atomic E-state index is 4.36. The Morgan fingerprint density at radius 3 is 2.71 bits per heavy atom. The second-order valence-electron chi connectivity index (χ2n) is 3.83. The molecule has 0 aliphatic heterocycles. The van der Waals surface area contributed by atoms with Crippen LogP contribution < -0.4 is 0 Å². The molecule has 0 bridgehead atoms. The Hall–Kier alpha value is -2.23. The van der Waals surface area contributed by atoms with Crippen molar-refractivity contribution in [3.8, 4) is 11.1 Å². The number of nitrogens with zero attached hydrogens (tertiary/aromatic N) is 4. The average molecular weight is 224 g/mol. The highest BCUT2D eigenvalue weighted by Gasteiger charge is 2.04. The van der Waals surface area contributed by atoms with Crippen LogP contribution in [-0.4, -0.2) is 19.6 Å². The molecule has 3 aromatic rings. The Bertz CT molecular complexity index is 643. The normalized spacial score (nSPS) is 10.9. The first-order chi connectivity index (χ1) is 8.36. The van der Waals surface area contributed by atoms with Crippen LogP contribution in [-0.2, 0) is 6.42 Å². The lowest BCUT2D eigenvalue weighted by atomic mass is 10.1. The molecule has 2 aromatic heterocycles. The van der Waals surface area contributed by atoms with E-state index in [1.807, 2.05) is 37.5 Å². The molecule has 3 rings (SSSR count). The highest BCUT2D eigenvalue weighted by molar-refractivity contribution is 5.62. The molecule has 0 saturated heterocycles. The number of aromatic nitrogens is 4. The Morgan fingerprint density at radius 1 is 1.12 bits per heavy atom. The van der Waals surface area contributed by atoms with Gasteiger partial charge in [-0.25, -0.2) is 9.50 Å². The van der Waals surface area contributed by atoms with Crippen molar-refractivity contribution < 1.29 is 0 Å². The quantitative estimate of drug-likeness (QED) is 0.671. The number of hydrogen-bond acceptors (Lipinski definition) is 3.